The lowest BCUT2D eigenvalue weighted by Crippen LogP contribution is -2.30. The molecule has 1 N–H and O–H groups in total. The number of hydrogen-bond donors (Lipinski definition) is 1. The number of carbonyl (C=O) groups is 2. The summed E-state index contributed by atoms with van der Waals surface area (Å²) in [5.41, 5.74) is -0.132. The molecule has 0 atom stereocenters. The highest BCUT2D eigenvalue weighted by atomic mass is 19.1. The smallest absolute Gasteiger partial charge is 0.338 e. The molecule has 1 heterocycles. The molecule has 0 aliphatic carbocycles. The van der Waals surface area contributed by atoms with Crippen LogP contribution in [0.25, 0.3) is 0 Å². The first-order valence-electron chi connectivity index (χ1n) is 9.30. The van der Waals surface area contributed by atoms with Gasteiger partial charge in [0.2, 0.25) is 0 Å². The molecule has 2 aromatic carbocycles. The third-order valence-corrected chi connectivity index (χ3v) is 4.64. The van der Waals surface area contributed by atoms with Gasteiger partial charge >= 0.3 is 5.97 Å². The van der Waals surface area contributed by atoms with Gasteiger partial charge in [-0.15, -0.1) is 0 Å². The second kappa shape index (κ2) is 9.29. The Labute approximate surface area is 170 Å². The molecule has 1 saturated heterocycles. The Morgan fingerprint density at radius 1 is 1.10 bits per heavy atom. The average Bonchev–Trinajstić information content (AvgIpc) is 2.74. The van der Waals surface area contributed by atoms with Crippen molar-refractivity contribution in [3.8, 4) is 0 Å². The summed E-state index contributed by atoms with van der Waals surface area (Å²) in [6.07, 6.45) is 2.94. The van der Waals surface area contributed by atoms with Gasteiger partial charge in [-0.2, -0.15) is 0 Å². The highest BCUT2D eigenvalue weighted by Gasteiger charge is 2.24. The van der Waals surface area contributed by atoms with Crippen LogP contribution in [0.4, 0.5) is 25.8 Å². The molecule has 0 unspecified atom stereocenters. The van der Waals surface area contributed by atoms with Crippen molar-refractivity contribution in [1.29, 1.82) is 0 Å². The molecule has 0 bridgehead atoms. The van der Waals surface area contributed by atoms with Crippen molar-refractivity contribution in [2.45, 2.75) is 19.3 Å². The molecule has 3 rings (SSSR count). The Morgan fingerprint density at radius 3 is 2.50 bits per heavy atom. The van der Waals surface area contributed by atoms with Crippen LogP contribution >= 0.6 is 0 Å². The molecule has 0 spiro atoms. The number of esters is 1. The van der Waals surface area contributed by atoms with E-state index in [2.05, 4.69) is 5.32 Å². The molecule has 8 nitrogen and oxygen atoms in total. The zero-order valence-electron chi connectivity index (χ0n) is 15.9. The summed E-state index contributed by atoms with van der Waals surface area (Å²) < 4.78 is 31.3. The molecular formula is C20H19F2N3O5. The van der Waals surface area contributed by atoms with Gasteiger partial charge in [0.05, 0.1) is 16.2 Å². The van der Waals surface area contributed by atoms with E-state index in [1.807, 2.05) is 4.90 Å². The van der Waals surface area contributed by atoms with E-state index in [-0.39, 0.29) is 16.9 Å². The zero-order chi connectivity index (χ0) is 21.7. The minimum atomic E-state index is -0.974. The van der Waals surface area contributed by atoms with Crippen LogP contribution in [0.1, 0.15) is 29.6 Å². The number of piperidine rings is 1. The van der Waals surface area contributed by atoms with Crippen molar-refractivity contribution >= 4 is 28.9 Å². The summed E-state index contributed by atoms with van der Waals surface area (Å²) in [4.78, 5) is 36.9. The zero-order valence-corrected chi connectivity index (χ0v) is 15.9. The van der Waals surface area contributed by atoms with Gasteiger partial charge in [-0.3, -0.25) is 14.9 Å². The maximum absolute atomic E-state index is 13.6. The molecule has 1 aliphatic heterocycles. The first kappa shape index (κ1) is 21.2. The number of rotatable bonds is 6. The molecule has 1 fully saturated rings. The molecule has 0 aromatic heterocycles. The maximum atomic E-state index is 13.6. The highest BCUT2D eigenvalue weighted by Crippen LogP contribution is 2.31. The molecular weight excluding hydrogens is 400 g/mol. The van der Waals surface area contributed by atoms with Crippen molar-refractivity contribution in [2.24, 2.45) is 0 Å². The molecule has 0 radical (unpaired) electrons. The van der Waals surface area contributed by atoms with E-state index < -0.39 is 35.0 Å². The van der Waals surface area contributed by atoms with Crippen molar-refractivity contribution in [2.75, 3.05) is 29.9 Å². The van der Waals surface area contributed by atoms with Gasteiger partial charge in [0.25, 0.3) is 11.6 Å². The first-order chi connectivity index (χ1) is 14.3. The Balaban J connectivity index is 1.65. The minimum absolute atomic E-state index is 0.0803. The summed E-state index contributed by atoms with van der Waals surface area (Å²) in [7, 11) is 0. The standard InChI is InChI=1S/C20H19F2N3O5/c21-14-5-6-16(15(22)11-14)23-19(26)12-30-20(27)13-4-7-17(18(10-13)25(28)29)24-8-2-1-3-9-24/h4-7,10-11H,1-3,8-9,12H2,(H,23,26). The van der Waals surface area contributed by atoms with Crippen molar-refractivity contribution in [3.05, 3.63) is 63.7 Å². The predicted octanol–water partition coefficient (Wildman–Crippen LogP) is 3.66. The van der Waals surface area contributed by atoms with E-state index in [1.54, 1.807) is 0 Å². The van der Waals surface area contributed by atoms with Crippen LogP contribution in [-0.4, -0.2) is 36.5 Å². The number of amides is 1. The van der Waals surface area contributed by atoms with Crippen LogP contribution in [0.2, 0.25) is 0 Å². The number of nitro groups is 1. The number of nitrogens with zero attached hydrogens (tertiary/aromatic N) is 2. The number of anilines is 2. The van der Waals surface area contributed by atoms with Crippen LogP contribution < -0.4 is 10.2 Å². The summed E-state index contributed by atoms with van der Waals surface area (Å²) in [5.74, 6) is -3.54. The van der Waals surface area contributed by atoms with Gasteiger partial charge in [0.15, 0.2) is 6.61 Å². The van der Waals surface area contributed by atoms with E-state index in [0.717, 1.165) is 37.5 Å². The Bertz CT molecular complexity index is 977. The van der Waals surface area contributed by atoms with E-state index in [9.17, 15) is 28.5 Å². The van der Waals surface area contributed by atoms with Crippen molar-refractivity contribution in [1.82, 2.24) is 0 Å². The summed E-state index contributed by atoms with van der Waals surface area (Å²) in [6, 6.07) is 6.61. The fourth-order valence-corrected chi connectivity index (χ4v) is 3.19. The van der Waals surface area contributed by atoms with E-state index in [1.165, 1.54) is 12.1 Å². The lowest BCUT2D eigenvalue weighted by molar-refractivity contribution is -0.384. The molecule has 30 heavy (non-hydrogen) atoms. The van der Waals surface area contributed by atoms with Gasteiger partial charge in [0, 0.05) is 25.2 Å². The Hall–Kier alpha value is -3.56. The number of hydrogen-bond acceptors (Lipinski definition) is 6. The number of halogens is 2. The van der Waals surface area contributed by atoms with Crippen molar-refractivity contribution < 1.29 is 28.0 Å². The second-order valence-corrected chi connectivity index (χ2v) is 6.76. The Kier molecular flexibility index (Phi) is 6.55. The molecule has 1 amide bonds. The van der Waals surface area contributed by atoms with Crippen LogP contribution in [0.15, 0.2) is 36.4 Å². The summed E-state index contributed by atoms with van der Waals surface area (Å²) in [6.45, 7) is 0.660. The minimum Gasteiger partial charge on any atom is -0.452 e. The Morgan fingerprint density at radius 2 is 1.83 bits per heavy atom. The van der Waals surface area contributed by atoms with Gasteiger partial charge in [0.1, 0.15) is 17.3 Å². The number of benzene rings is 2. The van der Waals surface area contributed by atoms with Crippen LogP contribution in [0.3, 0.4) is 0 Å². The first-order valence-corrected chi connectivity index (χ1v) is 9.30. The lowest BCUT2D eigenvalue weighted by atomic mass is 10.1. The molecule has 1 aliphatic rings. The predicted molar refractivity (Wildman–Crippen MR) is 104 cm³/mol. The van der Waals surface area contributed by atoms with Gasteiger partial charge < -0.3 is 15.0 Å². The van der Waals surface area contributed by atoms with E-state index >= 15 is 0 Å². The molecule has 158 valence electrons. The number of ether oxygens (including phenoxy) is 1. The largest absolute Gasteiger partial charge is 0.452 e. The topological polar surface area (TPSA) is 102 Å². The third kappa shape index (κ3) is 5.07. The van der Waals surface area contributed by atoms with Crippen molar-refractivity contribution in [3.63, 3.8) is 0 Å². The van der Waals surface area contributed by atoms with Gasteiger partial charge in [-0.25, -0.2) is 13.6 Å². The average molecular weight is 419 g/mol. The van der Waals surface area contributed by atoms with E-state index in [4.69, 9.17) is 4.74 Å². The van der Waals surface area contributed by atoms with Crippen LogP contribution in [0, 0.1) is 21.7 Å². The quantitative estimate of drug-likeness (QED) is 0.436. The normalized spacial score (nSPS) is 13.6. The number of nitro benzene ring substituents is 1. The fraction of sp³-hybridized carbons (Fsp3) is 0.300. The van der Waals surface area contributed by atoms with Gasteiger partial charge in [-0.05, 0) is 43.5 Å². The third-order valence-electron chi connectivity index (χ3n) is 4.64. The number of carbonyl (C=O) groups excluding carboxylic acids is 2. The van der Waals surface area contributed by atoms with Crippen LogP contribution in [-0.2, 0) is 9.53 Å². The van der Waals surface area contributed by atoms with E-state index in [0.29, 0.717) is 24.8 Å². The fourth-order valence-electron chi connectivity index (χ4n) is 3.19. The summed E-state index contributed by atoms with van der Waals surface area (Å²) in [5, 5.41) is 13.6. The molecule has 0 saturated carbocycles. The molecule has 2 aromatic rings. The molecule has 10 heteroatoms. The lowest BCUT2D eigenvalue weighted by Gasteiger charge is -2.28. The highest BCUT2D eigenvalue weighted by molar-refractivity contribution is 5.96. The SMILES string of the molecule is O=C(COC(=O)c1ccc(N2CCCCC2)c([N+](=O)[O-])c1)Nc1ccc(F)cc1F. The van der Waals surface area contributed by atoms with Gasteiger partial charge in [-0.1, -0.05) is 0 Å². The summed E-state index contributed by atoms with van der Waals surface area (Å²) >= 11 is 0. The maximum Gasteiger partial charge on any atom is 0.338 e. The number of nitrogens with one attached hydrogen (secondary N) is 1. The van der Waals surface area contributed by atoms with Crippen LogP contribution in [0.5, 0.6) is 0 Å². The second-order valence-electron chi connectivity index (χ2n) is 6.76. The monoisotopic (exact) mass is 419 g/mol.